The van der Waals surface area contributed by atoms with E-state index in [9.17, 15) is 0 Å². The zero-order chi connectivity index (χ0) is 16.4. The van der Waals surface area contributed by atoms with Gasteiger partial charge in [-0.05, 0) is 12.1 Å². The predicted molar refractivity (Wildman–Crippen MR) is 92.5 cm³/mol. The van der Waals surface area contributed by atoms with Crippen molar-refractivity contribution in [2.45, 2.75) is 0 Å². The number of rotatable bonds is 4. The maximum Gasteiger partial charge on any atom is 0.155 e. The van der Waals surface area contributed by atoms with Crippen LogP contribution in [0.25, 0.3) is 16.9 Å². The number of anilines is 2. The molecule has 0 aliphatic carbocycles. The highest BCUT2D eigenvalue weighted by Gasteiger charge is 2.08. The van der Waals surface area contributed by atoms with E-state index in [2.05, 4.69) is 20.4 Å². The van der Waals surface area contributed by atoms with Gasteiger partial charge >= 0.3 is 0 Å². The molecule has 0 aliphatic heterocycles. The Morgan fingerprint density at radius 3 is 2.71 bits per heavy atom. The number of methoxy groups -OCH3 is 1. The standard InChI is InChI=1S/C18H15N5O/c1-24-15-9-14(10-19-11-15)21-18-12-20-17-8-7-16(22-23(17)18)13-5-3-2-4-6-13/h2-12,21H,1H3. The van der Waals surface area contributed by atoms with Gasteiger partial charge in [0.15, 0.2) is 11.5 Å². The normalized spacial score (nSPS) is 10.7. The second-order valence-electron chi connectivity index (χ2n) is 5.24. The molecule has 3 aromatic heterocycles. The highest BCUT2D eigenvalue weighted by atomic mass is 16.5. The molecular formula is C18H15N5O. The zero-order valence-corrected chi connectivity index (χ0v) is 13.0. The van der Waals surface area contributed by atoms with Crippen molar-refractivity contribution in [1.82, 2.24) is 19.6 Å². The number of ether oxygens (including phenoxy) is 1. The molecule has 0 saturated carbocycles. The maximum absolute atomic E-state index is 5.20. The zero-order valence-electron chi connectivity index (χ0n) is 13.0. The Morgan fingerprint density at radius 2 is 1.88 bits per heavy atom. The van der Waals surface area contributed by atoms with Gasteiger partial charge in [0.1, 0.15) is 5.75 Å². The first-order valence-corrected chi connectivity index (χ1v) is 7.50. The van der Waals surface area contributed by atoms with Crippen LogP contribution in [0.15, 0.2) is 67.1 Å². The van der Waals surface area contributed by atoms with Crippen LogP contribution in [0, 0.1) is 0 Å². The van der Waals surface area contributed by atoms with Gasteiger partial charge in [0, 0.05) is 11.6 Å². The van der Waals surface area contributed by atoms with Crippen molar-refractivity contribution in [3.8, 4) is 17.0 Å². The number of imidazole rings is 1. The third kappa shape index (κ3) is 2.65. The first-order chi connectivity index (χ1) is 11.8. The van der Waals surface area contributed by atoms with Gasteiger partial charge in [-0.2, -0.15) is 9.61 Å². The number of hydrogen-bond acceptors (Lipinski definition) is 5. The molecule has 4 rings (SSSR count). The van der Waals surface area contributed by atoms with Crippen molar-refractivity contribution in [2.75, 3.05) is 12.4 Å². The van der Waals surface area contributed by atoms with Crippen LogP contribution in [0.3, 0.4) is 0 Å². The fraction of sp³-hybridized carbons (Fsp3) is 0.0556. The van der Waals surface area contributed by atoms with Gasteiger partial charge in [0.25, 0.3) is 0 Å². The first-order valence-electron chi connectivity index (χ1n) is 7.50. The summed E-state index contributed by atoms with van der Waals surface area (Å²) < 4.78 is 6.98. The summed E-state index contributed by atoms with van der Waals surface area (Å²) in [5.41, 5.74) is 3.52. The maximum atomic E-state index is 5.20. The highest BCUT2D eigenvalue weighted by molar-refractivity contribution is 5.64. The van der Waals surface area contributed by atoms with E-state index in [1.54, 1.807) is 30.2 Å². The summed E-state index contributed by atoms with van der Waals surface area (Å²) in [5.74, 6) is 1.45. The Labute approximate surface area is 138 Å². The number of benzene rings is 1. The van der Waals surface area contributed by atoms with E-state index in [-0.39, 0.29) is 0 Å². The summed E-state index contributed by atoms with van der Waals surface area (Å²) in [4.78, 5) is 8.52. The van der Waals surface area contributed by atoms with Crippen LogP contribution >= 0.6 is 0 Å². The average molecular weight is 317 g/mol. The molecule has 6 heteroatoms. The number of pyridine rings is 1. The minimum Gasteiger partial charge on any atom is -0.495 e. The predicted octanol–water partition coefficient (Wildman–Crippen LogP) is 3.54. The van der Waals surface area contributed by atoms with Crippen LogP contribution in [0.1, 0.15) is 0 Å². The first kappa shape index (κ1) is 14.2. The number of hydrogen-bond donors (Lipinski definition) is 1. The van der Waals surface area contributed by atoms with Crippen molar-refractivity contribution < 1.29 is 4.74 Å². The molecule has 0 radical (unpaired) electrons. The fourth-order valence-electron chi connectivity index (χ4n) is 2.47. The van der Waals surface area contributed by atoms with E-state index in [1.807, 2.05) is 48.5 Å². The molecule has 0 saturated heterocycles. The topological polar surface area (TPSA) is 64.3 Å². The summed E-state index contributed by atoms with van der Waals surface area (Å²) >= 11 is 0. The molecule has 0 aliphatic rings. The van der Waals surface area contributed by atoms with E-state index in [0.717, 1.165) is 28.4 Å². The average Bonchev–Trinajstić information content (AvgIpc) is 3.05. The van der Waals surface area contributed by atoms with Crippen LogP contribution in [0.5, 0.6) is 5.75 Å². The second kappa shape index (κ2) is 6.00. The van der Waals surface area contributed by atoms with E-state index in [4.69, 9.17) is 4.74 Å². The molecule has 0 spiro atoms. The lowest BCUT2D eigenvalue weighted by molar-refractivity contribution is 0.413. The number of fused-ring (bicyclic) bond motifs is 1. The molecule has 4 aromatic rings. The van der Waals surface area contributed by atoms with Crippen molar-refractivity contribution in [3.63, 3.8) is 0 Å². The lowest BCUT2D eigenvalue weighted by Gasteiger charge is -2.07. The molecule has 0 unspecified atom stereocenters. The molecule has 1 N–H and O–H groups in total. The third-order valence-corrected chi connectivity index (χ3v) is 3.65. The van der Waals surface area contributed by atoms with E-state index >= 15 is 0 Å². The van der Waals surface area contributed by atoms with Gasteiger partial charge in [0.05, 0.1) is 37.1 Å². The molecule has 0 atom stereocenters. The summed E-state index contributed by atoms with van der Waals surface area (Å²) in [6.45, 7) is 0. The molecule has 3 heterocycles. The minimum absolute atomic E-state index is 0.687. The summed E-state index contributed by atoms with van der Waals surface area (Å²) in [6, 6.07) is 15.8. The highest BCUT2D eigenvalue weighted by Crippen LogP contribution is 2.22. The van der Waals surface area contributed by atoms with Gasteiger partial charge in [0.2, 0.25) is 0 Å². The largest absolute Gasteiger partial charge is 0.495 e. The SMILES string of the molecule is COc1cncc(Nc2cnc3ccc(-c4ccccc4)nn23)c1. The van der Waals surface area contributed by atoms with Gasteiger partial charge in [-0.25, -0.2) is 4.98 Å². The van der Waals surface area contributed by atoms with E-state index < -0.39 is 0 Å². The Morgan fingerprint density at radius 1 is 1.00 bits per heavy atom. The molecule has 118 valence electrons. The summed E-state index contributed by atoms with van der Waals surface area (Å²) in [5, 5.41) is 7.96. The number of nitrogens with one attached hydrogen (secondary N) is 1. The Bertz CT molecular complexity index is 981. The number of aromatic nitrogens is 4. The molecular weight excluding hydrogens is 302 g/mol. The molecule has 0 fully saturated rings. The lowest BCUT2D eigenvalue weighted by atomic mass is 10.1. The second-order valence-corrected chi connectivity index (χ2v) is 5.24. The molecule has 6 nitrogen and oxygen atoms in total. The monoisotopic (exact) mass is 317 g/mol. The van der Waals surface area contributed by atoms with Crippen LogP contribution in [-0.2, 0) is 0 Å². The quantitative estimate of drug-likeness (QED) is 0.623. The summed E-state index contributed by atoms with van der Waals surface area (Å²) in [7, 11) is 1.61. The van der Waals surface area contributed by atoms with Crippen LogP contribution < -0.4 is 10.1 Å². The summed E-state index contributed by atoms with van der Waals surface area (Å²) in [6.07, 6.45) is 5.13. The number of nitrogens with zero attached hydrogens (tertiary/aromatic N) is 4. The van der Waals surface area contributed by atoms with Crippen LogP contribution in [0.4, 0.5) is 11.5 Å². The minimum atomic E-state index is 0.687. The van der Waals surface area contributed by atoms with Crippen molar-refractivity contribution in [2.24, 2.45) is 0 Å². The fourth-order valence-corrected chi connectivity index (χ4v) is 2.47. The van der Waals surface area contributed by atoms with Gasteiger partial charge in [-0.1, -0.05) is 30.3 Å². The molecule has 1 aromatic carbocycles. The van der Waals surface area contributed by atoms with Crippen molar-refractivity contribution >= 4 is 17.2 Å². The van der Waals surface area contributed by atoms with E-state index in [0.29, 0.717) is 5.75 Å². The van der Waals surface area contributed by atoms with Crippen molar-refractivity contribution in [1.29, 1.82) is 0 Å². The third-order valence-electron chi connectivity index (χ3n) is 3.65. The van der Waals surface area contributed by atoms with Gasteiger partial charge < -0.3 is 10.1 Å². The Hall–Kier alpha value is -3.41. The van der Waals surface area contributed by atoms with Crippen molar-refractivity contribution in [3.05, 3.63) is 67.1 Å². The molecule has 24 heavy (non-hydrogen) atoms. The Balaban J connectivity index is 1.73. The molecule has 0 bridgehead atoms. The lowest BCUT2D eigenvalue weighted by Crippen LogP contribution is -2.00. The van der Waals surface area contributed by atoms with Crippen LogP contribution in [-0.4, -0.2) is 26.7 Å². The van der Waals surface area contributed by atoms with Gasteiger partial charge in [-0.15, -0.1) is 0 Å². The van der Waals surface area contributed by atoms with Crippen LogP contribution in [0.2, 0.25) is 0 Å². The molecule has 0 amide bonds. The smallest absolute Gasteiger partial charge is 0.155 e. The van der Waals surface area contributed by atoms with Gasteiger partial charge in [-0.3, -0.25) is 4.98 Å². The van der Waals surface area contributed by atoms with E-state index in [1.165, 1.54) is 0 Å². The Kier molecular flexibility index (Phi) is 3.55.